The number of ether oxygens (including phenoxy) is 2. The van der Waals surface area contributed by atoms with Crippen LogP contribution in [0.5, 0.6) is 11.8 Å². The molecule has 0 bridgehead atoms. The molecule has 4 aromatic rings. The Morgan fingerprint density at radius 3 is 2.60 bits per heavy atom. The number of anilines is 2. The topological polar surface area (TPSA) is 118 Å². The van der Waals surface area contributed by atoms with Gasteiger partial charge in [0.15, 0.2) is 0 Å². The van der Waals surface area contributed by atoms with Gasteiger partial charge in [-0.3, -0.25) is 0 Å². The monoisotopic (exact) mass is 647 g/mol. The minimum absolute atomic E-state index is 0.123. The zero-order valence-corrected chi connectivity index (χ0v) is 27.3. The van der Waals surface area contributed by atoms with Gasteiger partial charge in [-0.2, -0.15) is 15.2 Å². The van der Waals surface area contributed by atoms with E-state index in [9.17, 15) is 15.2 Å². The van der Waals surface area contributed by atoms with E-state index in [1.807, 2.05) is 24.3 Å². The number of aromatic nitrogens is 2. The molecule has 1 amide bonds. The van der Waals surface area contributed by atoms with Gasteiger partial charge in [0, 0.05) is 61.3 Å². The molecule has 0 radical (unpaired) electrons. The van der Waals surface area contributed by atoms with Crippen LogP contribution in [0, 0.1) is 17.2 Å². The number of rotatable bonds is 9. The van der Waals surface area contributed by atoms with E-state index >= 15 is 0 Å². The summed E-state index contributed by atoms with van der Waals surface area (Å²) >= 11 is 0. The van der Waals surface area contributed by atoms with Gasteiger partial charge in [0.2, 0.25) is 0 Å². The van der Waals surface area contributed by atoms with Crippen LogP contribution in [0.25, 0.3) is 10.8 Å². The quantitative estimate of drug-likeness (QED) is 0.260. The van der Waals surface area contributed by atoms with Crippen LogP contribution in [0.3, 0.4) is 0 Å². The maximum Gasteiger partial charge on any atom is 0.407 e. The molecule has 48 heavy (non-hydrogen) atoms. The van der Waals surface area contributed by atoms with Crippen molar-refractivity contribution in [2.45, 2.75) is 38.5 Å². The highest BCUT2D eigenvalue weighted by atomic mass is 16.5. The molecule has 2 atom stereocenters. The number of carboxylic acid groups (broad SMARTS) is 1. The van der Waals surface area contributed by atoms with Gasteiger partial charge >= 0.3 is 12.1 Å². The van der Waals surface area contributed by atoms with Crippen molar-refractivity contribution in [3.05, 3.63) is 83.6 Å². The third kappa shape index (κ3) is 6.80. The van der Waals surface area contributed by atoms with Crippen LogP contribution in [0.15, 0.2) is 66.7 Å². The number of piperazine rings is 1. The van der Waals surface area contributed by atoms with E-state index in [0.717, 1.165) is 70.9 Å². The van der Waals surface area contributed by atoms with Crippen molar-refractivity contribution in [3.8, 4) is 17.8 Å². The molecule has 11 nitrogen and oxygen atoms in total. The predicted molar refractivity (Wildman–Crippen MR) is 184 cm³/mol. The van der Waals surface area contributed by atoms with E-state index in [-0.39, 0.29) is 6.42 Å². The molecule has 2 saturated heterocycles. The molecule has 4 heterocycles. The summed E-state index contributed by atoms with van der Waals surface area (Å²) in [7, 11) is 2.13. The predicted octanol–water partition coefficient (Wildman–Crippen LogP) is 5.18. The molecule has 1 N–H and O–H groups in total. The highest BCUT2D eigenvalue weighted by Crippen LogP contribution is 2.37. The molecule has 0 aliphatic carbocycles. The number of hydrogen-bond acceptors (Lipinski definition) is 9. The Balaban J connectivity index is 1.20. The molecule has 3 aliphatic heterocycles. The van der Waals surface area contributed by atoms with Crippen molar-refractivity contribution in [2.24, 2.45) is 5.92 Å². The van der Waals surface area contributed by atoms with Crippen LogP contribution < -0.4 is 19.3 Å². The van der Waals surface area contributed by atoms with Gasteiger partial charge in [0.25, 0.3) is 0 Å². The third-order valence-corrected chi connectivity index (χ3v) is 9.72. The van der Waals surface area contributed by atoms with Crippen molar-refractivity contribution >= 4 is 28.4 Å². The Hall–Kier alpha value is -5.08. The average Bonchev–Trinajstić information content (AvgIpc) is 3.54. The third-order valence-electron chi connectivity index (χ3n) is 9.72. The second-order valence-electron chi connectivity index (χ2n) is 13.0. The highest BCUT2D eigenvalue weighted by Gasteiger charge is 2.34. The molecule has 7 rings (SSSR count). The summed E-state index contributed by atoms with van der Waals surface area (Å²) in [6, 6.07) is 24.9. The lowest BCUT2D eigenvalue weighted by atomic mass is 10.0. The second-order valence-corrected chi connectivity index (χ2v) is 13.0. The second kappa shape index (κ2) is 14.0. The fourth-order valence-electron chi connectivity index (χ4n) is 7.20. The van der Waals surface area contributed by atoms with E-state index in [1.54, 1.807) is 0 Å². The summed E-state index contributed by atoms with van der Waals surface area (Å²) in [5, 5.41) is 21.5. The number of fused-ring (bicyclic) bond motifs is 2. The summed E-state index contributed by atoms with van der Waals surface area (Å²) in [6.45, 7) is 5.56. The fourth-order valence-corrected chi connectivity index (χ4v) is 7.20. The first-order valence-electron chi connectivity index (χ1n) is 16.7. The smallest absolute Gasteiger partial charge is 0.407 e. The molecule has 11 heteroatoms. The first kappa shape index (κ1) is 31.5. The van der Waals surface area contributed by atoms with Crippen LogP contribution in [0.4, 0.5) is 16.3 Å². The Kier molecular flexibility index (Phi) is 9.16. The minimum Gasteiger partial charge on any atom is -0.489 e. The lowest BCUT2D eigenvalue weighted by molar-refractivity contribution is 0.119. The molecule has 248 valence electrons. The Morgan fingerprint density at radius 2 is 1.81 bits per heavy atom. The van der Waals surface area contributed by atoms with Gasteiger partial charge in [0.05, 0.1) is 37.4 Å². The Bertz CT molecular complexity index is 1810. The van der Waals surface area contributed by atoms with E-state index in [2.05, 4.69) is 70.3 Å². The van der Waals surface area contributed by atoms with Gasteiger partial charge in [-0.05, 0) is 43.5 Å². The molecule has 2 fully saturated rings. The highest BCUT2D eigenvalue weighted by molar-refractivity contribution is 5.95. The number of nitriles is 1. The standard InChI is InChI=1S/C37H41N7O4/c1-41-15-12-27(21-41)25-48-36-39-33-23-42(16-13-32(33)35(40-36)43-17-18-44(37(45)46)29(22-43)11-14-38)34-20-30(19-28-9-5-6-10-31(28)34)47-24-26-7-3-2-4-8-26/h2-10,19-20,27,29H,11-13,15-18,21-25H2,1H3,(H,45,46)/t27-,29+/m1/s1. The zero-order valence-electron chi connectivity index (χ0n) is 27.3. The molecular weight excluding hydrogens is 606 g/mol. The van der Waals surface area contributed by atoms with E-state index < -0.39 is 12.1 Å². The molecular formula is C37H41N7O4. The van der Waals surface area contributed by atoms with Crippen LogP contribution in [0.2, 0.25) is 0 Å². The maximum atomic E-state index is 11.9. The van der Waals surface area contributed by atoms with Crippen molar-refractivity contribution in [1.29, 1.82) is 5.26 Å². The number of amides is 1. The van der Waals surface area contributed by atoms with Crippen molar-refractivity contribution < 1.29 is 19.4 Å². The van der Waals surface area contributed by atoms with Crippen LogP contribution in [0.1, 0.15) is 29.7 Å². The molecule has 0 unspecified atom stereocenters. The number of nitrogens with zero attached hydrogens (tertiary/aromatic N) is 7. The molecule has 1 aromatic heterocycles. The van der Waals surface area contributed by atoms with Crippen molar-refractivity contribution in [3.63, 3.8) is 0 Å². The summed E-state index contributed by atoms with van der Waals surface area (Å²) in [5.41, 5.74) is 4.16. The summed E-state index contributed by atoms with van der Waals surface area (Å²) < 4.78 is 12.6. The number of likely N-dealkylation sites (tertiary alicyclic amines) is 1. The summed E-state index contributed by atoms with van der Waals surface area (Å²) in [5.74, 6) is 2.02. The van der Waals surface area contributed by atoms with Crippen LogP contribution in [-0.4, -0.2) is 89.9 Å². The van der Waals surface area contributed by atoms with Gasteiger partial charge < -0.3 is 34.2 Å². The van der Waals surface area contributed by atoms with Crippen LogP contribution in [-0.2, 0) is 19.6 Å². The van der Waals surface area contributed by atoms with Crippen LogP contribution >= 0.6 is 0 Å². The number of hydrogen-bond donors (Lipinski definition) is 1. The van der Waals surface area contributed by atoms with E-state index in [4.69, 9.17) is 19.4 Å². The lowest BCUT2D eigenvalue weighted by Crippen LogP contribution is -2.55. The average molecular weight is 648 g/mol. The summed E-state index contributed by atoms with van der Waals surface area (Å²) in [6.07, 6.45) is 0.912. The van der Waals surface area contributed by atoms with Gasteiger partial charge in [-0.25, -0.2) is 4.79 Å². The maximum absolute atomic E-state index is 11.9. The van der Waals surface area contributed by atoms with Crippen molar-refractivity contribution in [1.82, 2.24) is 19.8 Å². The van der Waals surface area contributed by atoms with Gasteiger partial charge in [-0.15, -0.1) is 0 Å². The molecule has 3 aliphatic rings. The first-order chi connectivity index (χ1) is 23.4. The normalized spacial score (nSPS) is 19.6. The van der Waals surface area contributed by atoms with Gasteiger partial charge in [0.1, 0.15) is 18.2 Å². The van der Waals surface area contributed by atoms with Gasteiger partial charge in [-0.1, -0.05) is 54.6 Å². The first-order valence-corrected chi connectivity index (χ1v) is 16.7. The number of carbonyl (C=O) groups is 1. The zero-order chi connectivity index (χ0) is 33.0. The Labute approximate surface area is 280 Å². The summed E-state index contributed by atoms with van der Waals surface area (Å²) in [4.78, 5) is 30.1. The fraction of sp³-hybridized carbons (Fsp3) is 0.405. The molecule has 0 spiro atoms. The Morgan fingerprint density at radius 1 is 0.979 bits per heavy atom. The van der Waals surface area contributed by atoms with E-state index in [1.165, 1.54) is 4.90 Å². The molecule has 0 saturated carbocycles. The largest absolute Gasteiger partial charge is 0.489 e. The minimum atomic E-state index is -0.997. The molecule has 3 aromatic carbocycles. The lowest BCUT2D eigenvalue weighted by Gasteiger charge is -2.41. The number of benzene rings is 3. The van der Waals surface area contributed by atoms with Crippen molar-refractivity contribution in [2.75, 3.05) is 62.7 Å². The SMILES string of the molecule is CN1CC[C@@H](COc2nc3c(c(N4CCN(C(=O)O)[C@@H](CC#N)C4)n2)CCN(c2cc(OCc4ccccc4)cc4ccccc24)C3)C1. The van der Waals surface area contributed by atoms with E-state index in [0.29, 0.717) is 57.7 Å².